The molecular weight excluding hydrogens is 214 g/mol. The maximum absolute atomic E-state index is 12.2. The lowest BCUT2D eigenvalue weighted by Gasteiger charge is -2.24. The summed E-state index contributed by atoms with van der Waals surface area (Å²) in [6.45, 7) is 6.07. The van der Waals surface area contributed by atoms with Crippen molar-refractivity contribution in [3.63, 3.8) is 0 Å². The summed E-state index contributed by atoms with van der Waals surface area (Å²) in [5.41, 5.74) is 0. The van der Waals surface area contributed by atoms with Gasteiger partial charge in [-0.3, -0.25) is 10.1 Å². The van der Waals surface area contributed by atoms with Gasteiger partial charge in [0.2, 0.25) is 5.91 Å². The molecule has 1 amide bonds. The zero-order chi connectivity index (χ0) is 12.8. The fourth-order valence-corrected chi connectivity index (χ4v) is 2.27. The van der Waals surface area contributed by atoms with Crippen LogP contribution in [0.2, 0.25) is 0 Å². The molecule has 2 atom stereocenters. The van der Waals surface area contributed by atoms with Crippen LogP contribution in [0.25, 0.3) is 0 Å². The van der Waals surface area contributed by atoms with Crippen LogP contribution in [0, 0.1) is 0 Å². The first kappa shape index (κ1) is 14.5. The molecule has 0 aromatic carbocycles. The van der Waals surface area contributed by atoms with Crippen LogP contribution in [0.3, 0.4) is 0 Å². The number of carbonyl (C=O) groups is 1. The Morgan fingerprint density at radius 3 is 2.59 bits per heavy atom. The van der Waals surface area contributed by atoms with E-state index < -0.39 is 0 Å². The molecule has 2 unspecified atom stereocenters. The number of hydrogen-bond donors (Lipinski definition) is 1. The summed E-state index contributed by atoms with van der Waals surface area (Å²) >= 11 is 0. The lowest BCUT2D eigenvalue weighted by atomic mass is 10.1. The average molecular weight is 241 g/mol. The van der Waals surface area contributed by atoms with Crippen LogP contribution in [-0.4, -0.2) is 55.1 Å². The summed E-state index contributed by atoms with van der Waals surface area (Å²) in [7, 11) is 4.09. The van der Waals surface area contributed by atoms with Crippen molar-refractivity contribution in [1.29, 1.82) is 0 Å². The number of rotatable bonds is 7. The van der Waals surface area contributed by atoms with E-state index >= 15 is 0 Å². The number of nitrogens with zero attached hydrogens (tertiary/aromatic N) is 2. The summed E-state index contributed by atoms with van der Waals surface area (Å²) in [6, 6.07) is 0.0575. The normalized spacial score (nSPS) is 25.0. The minimum atomic E-state index is 0.0575. The minimum absolute atomic E-state index is 0.0575. The van der Waals surface area contributed by atoms with Crippen molar-refractivity contribution in [1.82, 2.24) is 15.1 Å². The Kier molecular flexibility index (Phi) is 5.92. The maximum Gasteiger partial charge on any atom is 0.241 e. The van der Waals surface area contributed by atoms with Crippen LogP contribution in [0.15, 0.2) is 0 Å². The van der Waals surface area contributed by atoms with Gasteiger partial charge in [-0.1, -0.05) is 26.7 Å². The highest BCUT2D eigenvalue weighted by molar-refractivity contribution is 5.84. The topological polar surface area (TPSA) is 35.6 Å². The van der Waals surface area contributed by atoms with Crippen molar-refractivity contribution in [3.8, 4) is 0 Å². The Morgan fingerprint density at radius 1 is 1.35 bits per heavy atom. The van der Waals surface area contributed by atoms with E-state index in [0.29, 0.717) is 5.91 Å². The van der Waals surface area contributed by atoms with E-state index in [1.54, 1.807) is 0 Å². The Labute approximate surface area is 105 Å². The molecule has 0 aliphatic carbocycles. The lowest BCUT2D eigenvalue weighted by molar-refractivity contribution is -0.130. The van der Waals surface area contributed by atoms with E-state index in [9.17, 15) is 4.79 Å². The number of amides is 1. The molecule has 1 saturated heterocycles. The number of hydrogen-bond acceptors (Lipinski definition) is 3. The summed E-state index contributed by atoms with van der Waals surface area (Å²) in [4.78, 5) is 16.4. The zero-order valence-electron chi connectivity index (χ0n) is 11.7. The van der Waals surface area contributed by atoms with E-state index in [0.717, 1.165) is 38.8 Å². The molecule has 17 heavy (non-hydrogen) atoms. The Morgan fingerprint density at radius 2 is 2.06 bits per heavy atom. The molecule has 0 radical (unpaired) electrons. The minimum Gasteiger partial charge on any atom is -0.325 e. The van der Waals surface area contributed by atoms with Crippen LogP contribution < -0.4 is 5.32 Å². The van der Waals surface area contributed by atoms with Gasteiger partial charge in [0, 0.05) is 13.1 Å². The molecule has 1 aliphatic rings. The van der Waals surface area contributed by atoms with Crippen molar-refractivity contribution in [2.75, 3.05) is 27.2 Å². The summed E-state index contributed by atoms with van der Waals surface area (Å²) in [5, 5.41) is 3.46. The van der Waals surface area contributed by atoms with Gasteiger partial charge < -0.3 is 9.80 Å². The Balaban J connectivity index is 2.52. The molecule has 1 N–H and O–H groups in total. The lowest BCUT2D eigenvalue weighted by Crippen LogP contribution is -2.40. The van der Waals surface area contributed by atoms with Crippen LogP contribution >= 0.6 is 0 Å². The third-order valence-corrected chi connectivity index (χ3v) is 3.37. The van der Waals surface area contributed by atoms with Gasteiger partial charge in [0.25, 0.3) is 0 Å². The van der Waals surface area contributed by atoms with Crippen LogP contribution in [-0.2, 0) is 4.79 Å². The number of unbranched alkanes of at least 4 members (excludes halogenated alkanes) is 1. The molecule has 1 rings (SSSR count). The zero-order valence-corrected chi connectivity index (χ0v) is 11.7. The van der Waals surface area contributed by atoms with Gasteiger partial charge >= 0.3 is 0 Å². The Hall–Kier alpha value is -0.610. The van der Waals surface area contributed by atoms with Crippen LogP contribution in [0.5, 0.6) is 0 Å². The average Bonchev–Trinajstić information content (AvgIpc) is 2.60. The summed E-state index contributed by atoms with van der Waals surface area (Å²) in [5.74, 6) is 0.298. The first-order valence-electron chi connectivity index (χ1n) is 6.81. The number of nitrogens with one attached hydrogen (secondary N) is 1. The third kappa shape index (κ3) is 3.96. The highest BCUT2D eigenvalue weighted by Crippen LogP contribution is 2.17. The molecule has 1 aliphatic heterocycles. The van der Waals surface area contributed by atoms with Gasteiger partial charge in [-0.25, -0.2) is 0 Å². The standard InChI is InChI=1S/C13H27N3O/c1-5-7-8-11-13(17)16(10-9-15(3)4)12(6-2)14-11/h11-12,14H,5-10H2,1-4H3. The highest BCUT2D eigenvalue weighted by atomic mass is 16.2. The van der Waals surface area contributed by atoms with Gasteiger partial charge in [-0.05, 0) is 26.9 Å². The second-order valence-corrected chi connectivity index (χ2v) is 5.12. The van der Waals surface area contributed by atoms with E-state index in [4.69, 9.17) is 0 Å². The van der Waals surface area contributed by atoms with E-state index in [-0.39, 0.29) is 12.2 Å². The molecule has 1 heterocycles. The number of likely N-dealkylation sites (N-methyl/N-ethyl adjacent to an activating group) is 1. The maximum atomic E-state index is 12.2. The van der Waals surface area contributed by atoms with E-state index in [1.807, 2.05) is 19.0 Å². The summed E-state index contributed by atoms with van der Waals surface area (Å²) < 4.78 is 0. The first-order valence-corrected chi connectivity index (χ1v) is 6.81. The van der Waals surface area contributed by atoms with E-state index in [1.165, 1.54) is 0 Å². The predicted octanol–water partition coefficient (Wildman–Crippen LogP) is 1.27. The molecule has 0 aromatic rings. The third-order valence-electron chi connectivity index (χ3n) is 3.37. The molecule has 4 heteroatoms. The molecular formula is C13H27N3O. The largest absolute Gasteiger partial charge is 0.325 e. The van der Waals surface area contributed by atoms with Crippen LogP contribution in [0.1, 0.15) is 39.5 Å². The van der Waals surface area contributed by atoms with Gasteiger partial charge in [-0.2, -0.15) is 0 Å². The SMILES string of the molecule is CCCCC1NC(CC)N(CCN(C)C)C1=O. The fraction of sp³-hybridized carbons (Fsp3) is 0.923. The molecule has 0 spiro atoms. The second kappa shape index (κ2) is 6.97. The highest BCUT2D eigenvalue weighted by Gasteiger charge is 2.36. The molecule has 4 nitrogen and oxygen atoms in total. The summed E-state index contributed by atoms with van der Waals surface area (Å²) in [6.07, 6.45) is 4.48. The van der Waals surface area contributed by atoms with Gasteiger partial charge in [-0.15, -0.1) is 0 Å². The van der Waals surface area contributed by atoms with Crippen molar-refractivity contribution >= 4 is 5.91 Å². The Bertz CT molecular complexity index is 243. The van der Waals surface area contributed by atoms with Crippen molar-refractivity contribution in [2.24, 2.45) is 0 Å². The first-order chi connectivity index (χ1) is 8.10. The molecule has 0 saturated carbocycles. The smallest absolute Gasteiger partial charge is 0.241 e. The van der Waals surface area contributed by atoms with Crippen molar-refractivity contribution < 1.29 is 4.79 Å². The molecule has 1 fully saturated rings. The second-order valence-electron chi connectivity index (χ2n) is 5.12. The predicted molar refractivity (Wildman–Crippen MR) is 70.8 cm³/mol. The molecule has 100 valence electrons. The van der Waals surface area contributed by atoms with Crippen LogP contribution in [0.4, 0.5) is 0 Å². The molecule has 0 aromatic heterocycles. The van der Waals surface area contributed by atoms with Gasteiger partial charge in [0.05, 0.1) is 12.2 Å². The quantitative estimate of drug-likeness (QED) is 0.729. The van der Waals surface area contributed by atoms with Crippen molar-refractivity contribution in [3.05, 3.63) is 0 Å². The van der Waals surface area contributed by atoms with Gasteiger partial charge in [0.1, 0.15) is 0 Å². The fourth-order valence-electron chi connectivity index (χ4n) is 2.27. The monoisotopic (exact) mass is 241 g/mol. The molecule has 0 bridgehead atoms. The van der Waals surface area contributed by atoms with E-state index in [2.05, 4.69) is 24.1 Å². The van der Waals surface area contributed by atoms with Gasteiger partial charge in [0.15, 0.2) is 0 Å². The number of carbonyl (C=O) groups excluding carboxylic acids is 1. The van der Waals surface area contributed by atoms with Crippen molar-refractivity contribution in [2.45, 2.75) is 51.7 Å².